The number of fused-ring (bicyclic) bond motifs is 1. The molecule has 3 aromatic carbocycles. The molecule has 1 atom stereocenters. The van der Waals surface area contributed by atoms with Crippen LogP contribution in [0.3, 0.4) is 0 Å². The van der Waals surface area contributed by atoms with Gasteiger partial charge in [-0.3, -0.25) is 4.99 Å². The van der Waals surface area contributed by atoms with Gasteiger partial charge < -0.3 is 5.21 Å². The van der Waals surface area contributed by atoms with E-state index < -0.39 is 5.82 Å². The second-order valence-corrected chi connectivity index (χ2v) is 9.38. The number of benzene rings is 3. The Hall–Kier alpha value is -4.50. The minimum Gasteiger partial charge on any atom is -0.618 e. The maximum atomic E-state index is 15.3. The first-order valence-corrected chi connectivity index (χ1v) is 12.2. The van der Waals surface area contributed by atoms with E-state index in [-0.39, 0.29) is 22.3 Å². The first kappa shape index (κ1) is 23.9. The summed E-state index contributed by atoms with van der Waals surface area (Å²) in [7, 11) is 0. The van der Waals surface area contributed by atoms with E-state index in [4.69, 9.17) is 16.6 Å². The van der Waals surface area contributed by atoms with Gasteiger partial charge in [-0.1, -0.05) is 48.0 Å². The zero-order valence-electron chi connectivity index (χ0n) is 19.8. The molecule has 0 aliphatic carbocycles. The Bertz CT molecular complexity index is 1680. The van der Waals surface area contributed by atoms with Gasteiger partial charge in [-0.25, -0.2) is 8.78 Å². The minimum absolute atomic E-state index is 0.0920. The fourth-order valence-corrected chi connectivity index (χ4v) is 4.97. The molecule has 10 heteroatoms. The van der Waals surface area contributed by atoms with Gasteiger partial charge in [0.2, 0.25) is 5.69 Å². The summed E-state index contributed by atoms with van der Waals surface area (Å²) in [4.78, 5) is 4.70. The lowest BCUT2D eigenvalue weighted by Crippen LogP contribution is -2.36. The number of aliphatic imine (C=N–C) groups is 1. The summed E-state index contributed by atoms with van der Waals surface area (Å²) < 4.78 is 31.2. The normalized spacial score (nSPS) is 13.3. The van der Waals surface area contributed by atoms with Crippen LogP contribution in [0.15, 0.2) is 90.3 Å². The highest BCUT2D eigenvalue weighted by molar-refractivity contribution is 6.31. The predicted molar refractivity (Wildman–Crippen MR) is 139 cm³/mol. The van der Waals surface area contributed by atoms with E-state index in [1.165, 1.54) is 35.4 Å². The molecule has 0 N–H and O–H groups in total. The van der Waals surface area contributed by atoms with Crippen molar-refractivity contribution in [3.63, 3.8) is 0 Å². The van der Waals surface area contributed by atoms with Crippen LogP contribution >= 0.6 is 11.6 Å². The smallest absolute Gasteiger partial charge is 0.201 e. The van der Waals surface area contributed by atoms with E-state index in [9.17, 15) is 9.60 Å². The number of aromatic nitrogens is 5. The summed E-state index contributed by atoms with van der Waals surface area (Å²) in [5.41, 5.74) is 4.44. The number of hydrogen-bond donors (Lipinski definition) is 0. The molecule has 0 unspecified atom stereocenters. The van der Waals surface area contributed by atoms with Gasteiger partial charge in [-0.15, -0.1) is 5.10 Å². The Kier molecular flexibility index (Phi) is 6.13. The highest BCUT2D eigenvalue weighted by atomic mass is 35.5. The van der Waals surface area contributed by atoms with E-state index in [1.807, 2.05) is 30.3 Å². The number of halogens is 3. The van der Waals surface area contributed by atoms with Crippen molar-refractivity contribution in [3.8, 4) is 16.8 Å². The molecule has 3 heterocycles. The zero-order valence-corrected chi connectivity index (χ0v) is 20.6. The molecule has 0 bridgehead atoms. The molecule has 0 spiro atoms. The highest BCUT2D eigenvalue weighted by Gasteiger charge is 2.30. The molecule has 1 aliphatic rings. The Morgan fingerprint density at radius 3 is 2.63 bits per heavy atom. The fourth-order valence-electron chi connectivity index (χ4n) is 4.81. The lowest BCUT2D eigenvalue weighted by Gasteiger charge is -2.18. The summed E-state index contributed by atoms with van der Waals surface area (Å²) in [5.74, 6) is -1.44. The van der Waals surface area contributed by atoms with Crippen molar-refractivity contribution in [2.75, 3.05) is 0 Å². The Morgan fingerprint density at radius 2 is 1.87 bits per heavy atom. The second-order valence-electron chi connectivity index (χ2n) is 8.97. The number of hydrogen-bond acceptors (Lipinski definition) is 5. The van der Waals surface area contributed by atoms with E-state index in [1.54, 1.807) is 24.3 Å². The average Bonchev–Trinajstić information content (AvgIpc) is 3.60. The van der Waals surface area contributed by atoms with Crippen LogP contribution in [0.1, 0.15) is 22.7 Å². The average molecular weight is 529 g/mol. The molecule has 1 aliphatic heterocycles. The molecule has 6 rings (SSSR count). The summed E-state index contributed by atoms with van der Waals surface area (Å²) in [5, 5.41) is 24.5. The van der Waals surface area contributed by atoms with Gasteiger partial charge in [-0.2, -0.15) is 9.41 Å². The van der Waals surface area contributed by atoms with Crippen molar-refractivity contribution in [1.29, 1.82) is 0 Å². The monoisotopic (exact) mass is 528 g/mol. The quantitative estimate of drug-likeness (QED) is 0.214. The number of rotatable bonds is 6. The summed E-state index contributed by atoms with van der Waals surface area (Å²) in [6, 6.07) is 20.6. The van der Waals surface area contributed by atoms with Gasteiger partial charge in [0, 0.05) is 18.2 Å². The van der Waals surface area contributed by atoms with E-state index in [0.29, 0.717) is 35.5 Å². The molecular weight excluding hydrogens is 510 g/mol. The van der Waals surface area contributed by atoms with Gasteiger partial charge in [0.1, 0.15) is 12.1 Å². The Labute approximate surface area is 221 Å². The minimum atomic E-state index is -0.689. The van der Waals surface area contributed by atoms with E-state index in [0.717, 1.165) is 21.6 Å². The van der Waals surface area contributed by atoms with Crippen molar-refractivity contribution in [1.82, 2.24) is 20.2 Å². The van der Waals surface area contributed by atoms with Crippen molar-refractivity contribution >= 4 is 23.0 Å². The standard InChI is InChI=1S/C28H19ClF2N6O/c29-22-9-11-26(36-16-32-34-35-36)27(28(22)31)19-7-10-25(37(38)15-19)21(12-17-4-2-1-3-5-17)24-13-18-6-8-20(30)14-23(18)33-24/h1-11,14-16,21H,12-13H2/t21-/m0/s1. The topological polar surface area (TPSA) is 82.9 Å². The van der Waals surface area contributed by atoms with Crippen molar-refractivity contribution < 1.29 is 13.5 Å². The second kappa shape index (κ2) is 9.75. The maximum absolute atomic E-state index is 15.3. The van der Waals surface area contributed by atoms with Crippen molar-refractivity contribution in [2.45, 2.75) is 18.8 Å². The van der Waals surface area contributed by atoms with Crippen LogP contribution < -0.4 is 4.73 Å². The van der Waals surface area contributed by atoms with Gasteiger partial charge in [-0.05, 0) is 58.3 Å². The van der Waals surface area contributed by atoms with Crippen LogP contribution in [0.4, 0.5) is 14.5 Å². The van der Waals surface area contributed by atoms with Crippen LogP contribution in [0.25, 0.3) is 16.8 Å². The molecule has 0 saturated heterocycles. The SMILES string of the molecule is [O-][n+]1cc(-c2c(-n3cnnn3)ccc(Cl)c2F)ccc1[C@@H](Cc1ccccc1)C1=Nc2cc(F)ccc2C1. The molecule has 38 heavy (non-hydrogen) atoms. The first-order valence-electron chi connectivity index (χ1n) is 11.8. The molecular formula is C28H19ClF2N6O. The van der Waals surface area contributed by atoms with Crippen molar-refractivity contribution in [3.05, 3.63) is 124 Å². The van der Waals surface area contributed by atoms with Crippen LogP contribution in [-0.2, 0) is 12.8 Å². The van der Waals surface area contributed by atoms with Gasteiger partial charge in [0.15, 0.2) is 12.0 Å². The number of tetrazole rings is 1. The molecule has 5 aromatic rings. The van der Waals surface area contributed by atoms with Crippen molar-refractivity contribution in [2.24, 2.45) is 4.99 Å². The highest BCUT2D eigenvalue weighted by Crippen LogP contribution is 2.36. The van der Waals surface area contributed by atoms with E-state index in [2.05, 4.69) is 15.5 Å². The maximum Gasteiger partial charge on any atom is 0.201 e. The molecule has 0 amide bonds. The lowest BCUT2D eigenvalue weighted by molar-refractivity contribution is -0.614. The number of nitrogens with zero attached hydrogens (tertiary/aromatic N) is 6. The Balaban J connectivity index is 1.44. The molecule has 0 saturated carbocycles. The summed E-state index contributed by atoms with van der Waals surface area (Å²) in [6.45, 7) is 0. The molecule has 2 aromatic heterocycles. The van der Waals surface area contributed by atoms with Crippen LogP contribution in [0.2, 0.25) is 5.02 Å². The first-order chi connectivity index (χ1) is 18.5. The zero-order chi connectivity index (χ0) is 26.2. The van der Waals surface area contributed by atoms with Gasteiger partial charge in [0.05, 0.1) is 33.4 Å². The largest absolute Gasteiger partial charge is 0.618 e. The third-order valence-electron chi connectivity index (χ3n) is 6.63. The predicted octanol–water partition coefficient (Wildman–Crippen LogP) is 5.55. The molecule has 7 nitrogen and oxygen atoms in total. The third kappa shape index (κ3) is 4.41. The Morgan fingerprint density at radius 1 is 1.03 bits per heavy atom. The molecule has 0 fully saturated rings. The number of pyridine rings is 1. The lowest BCUT2D eigenvalue weighted by atomic mass is 9.88. The van der Waals surface area contributed by atoms with E-state index >= 15 is 4.39 Å². The van der Waals surface area contributed by atoms with Crippen LogP contribution in [0.5, 0.6) is 0 Å². The summed E-state index contributed by atoms with van der Waals surface area (Å²) in [6.07, 6.45) is 3.67. The molecule has 188 valence electrons. The van der Waals surface area contributed by atoms with Crippen LogP contribution in [0, 0.1) is 16.8 Å². The van der Waals surface area contributed by atoms with Crippen LogP contribution in [-0.4, -0.2) is 25.9 Å². The van der Waals surface area contributed by atoms with Gasteiger partial charge >= 0.3 is 0 Å². The van der Waals surface area contributed by atoms with Gasteiger partial charge in [0.25, 0.3) is 0 Å². The fraction of sp³-hybridized carbons (Fsp3) is 0.107. The molecule has 0 radical (unpaired) electrons. The third-order valence-corrected chi connectivity index (χ3v) is 6.92. The summed E-state index contributed by atoms with van der Waals surface area (Å²) >= 11 is 6.09.